The minimum Gasteiger partial charge on any atom is -0.472 e. The van der Waals surface area contributed by atoms with Crippen LogP contribution in [0.3, 0.4) is 0 Å². The van der Waals surface area contributed by atoms with E-state index in [4.69, 9.17) is 32.8 Å². The number of ketones is 1. The van der Waals surface area contributed by atoms with E-state index in [1.54, 1.807) is 13.8 Å². The van der Waals surface area contributed by atoms with Gasteiger partial charge in [-0.1, -0.05) is 20.4 Å². The van der Waals surface area contributed by atoms with E-state index in [9.17, 15) is 29.1 Å². The Morgan fingerprint density at radius 2 is 1.60 bits per heavy atom. The molecule has 2 aliphatic heterocycles. The number of aliphatic hydroxyl groups is 1. The van der Waals surface area contributed by atoms with Crippen LogP contribution in [0.1, 0.15) is 66.6 Å². The van der Waals surface area contributed by atoms with Crippen molar-refractivity contribution in [3.63, 3.8) is 0 Å². The average molecular weight is 661 g/mol. The van der Waals surface area contributed by atoms with Gasteiger partial charge in [0.1, 0.15) is 23.9 Å². The molecule has 4 fully saturated rings. The number of carbonyl (C=O) groups excluding carboxylic acids is 6. The Labute approximate surface area is 271 Å². The quantitative estimate of drug-likeness (QED) is 0.265. The number of ether oxygens (including phenoxy) is 6. The molecule has 0 aromatic carbocycles. The van der Waals surface area contributed by atoms with Crippen LogP contribution in [0.25, 0.3) is 0 Å². The Kier molecular flexibility index (Phi) is 8.24. The Balaban J connectivity index is 1.86. The molecule has 5 rings (SSSR count). The van der Waals surface area contributed by atoms with Gasteiger partial charge in [-0.05, 0) is 31.4 Å². The van der Waals surface area contributed by atoms with Gasteiger partial charge in [-0.25, -0.2) is 4.79 Å². The highest BCUT2D eigenvalue weighted by atomic mass is 16.6. The van der Waals surface area contributed by atoms with Gasteiger partial charge in [0.2, 0.25) is 6.10 Å². The van der Waals surface area contributed by atoms with Crippen LogP contribution in [0.2, 0.25) is 0 Å². The van der Waals surface area contributed by atoms with Crippen molar-refractivity contribution in [2.45, 2.75) is 97.1 Å². The van der Waals surface area contributed by atoms with Crippen LogP contribution in [0.15, 0.2) is 35.2 Å². The van der Waals surface area contributed by atoms with Gasteiger partial charge in [0.15, 0.2) is 11.9 Å². The molecule has 0 amide bonds. The van der Waals surface area contributed by atoms with Gasteiger partial charge in [-0.2, -0.15) is 0 Å². The lowest BCUT2D eigenvalue weighted by atomic mass is 9.49. The summed E-state index contributed by atoms with van der Waals surface area (Å²) >= 11 is 0. The van der Waals surface area contributed by atoms with Gasteiger partial charge in [-0.15, -0.1) is 0 Å². The molecule has 2 saturated carbocycles. The normalized spacial score (nSPS) is 40.2. The van der Waals surface area contributed by atoms with Crippen molar-refractivity contribution < 1.29 is 66.7 Å². The number of Topliss-reactive ketones (excluding diaryl/α,β-unsaturated/α-hetero) is 1. The van der Waals surface area contributed by atoms with Gasteiger partial charge in [0.25, 0.3) is 0 Å². The second kappa shape index (κ2) is 11.3. The second-order valence-corrected chi connectivity index (χ2v) is 13.8. The molecule has 11 atom stereocenters. The average Bonchev–Trinajstić information content (AvgIpc) is 3.55. The van der Waals surface area contributed by atoms with Crippen molar-refractivity contribution in [3.05, 3.63) is 36.3 Å². The first-order valence-electron chi connectivity index (χ1n) is 15.2. The summed E-state index contributed by atoms with van der Waals surface area (Å²) in [5, 5.41) is 12.3. The number of hydrogen-bond acceptors (Lipinski definition) is 14. The number of cyclic esters (lactones) is 1. The Morgan fingerprint density at radius 3 is 2.13 bits per heavy atom. The fourth-order valence-corrected chi connectivity index (χ4v) is 8.87. The van der Waals surface area contributed by atoms with E-state index in [1.807, 2.05) is 0 Å². The van der Waals surface area contributed by atoms with Gasteiger partial charge in [0.05, 0.1) is 48.9 Å². The van der Waals surface area contributed by atoms with Gasteiger partial charge < -0.3 is 37.9 Å². The highest BCUT2D eigenvalue weighted by Gasteiger charge is 2.83. The number of carbonyl (C=O) groups is 6. The molecule has 0 unspecified atom stereocenters. The third kappa shape index (κ3) is 4.58. The molecule has 2 bridgehead atoms. The maximum atomic E-state index is 15.2. The lowest BCUT2D eigenvalue weighted by Gasteiger charge is -2.62. The molecule has 4 aliphatic rings. The van der Waals surface area contributed by atoms with E-state index in [-0.39, 0.29) is 12.0 Å². The van der Waals surface area contributed by atoms with Crippen molar-refractivity contribution in [2.75, 3.05) is 7.11 Å². The van der Waals surface area contributed by atoms with E-state index in [0.717, 1.165) is 20.8 Å². The molecule has 14 heteroatoms. The summed E-state index contributed by atoms with van der Waals surface area (Å²) in [5.74, 6) is -7.34. The monoisotopic (exact) mass is 660 g/mol. The molecule has 47 heavy (non-hydrogen) atoms. The Hall–Kier alpha value is -4.04. The molecule has 2 saturated heterocycles. The molecule has 0 radical (unpaired) electrons. The van der Waals surface area contributed by atoms with Crippen LogP contribution in [0.5, 0.6) is 0 Å². The van der Waals surface area contributed by atoms with Gasteiger partial charge in [-0.3, -0.25) is 24.0 Å². The van der Waals surface area contributed by atoms with Crippen LogP contribution in [-0.2, 0) is 57.2 Å². The molecule has 1 N–H and O–H groups in total. The maximum absolute atomic E-state index is 15.2. The number of aliphatic hydroxyl groups excluding tert-OH is 1. The fraction of sp³-hybridized carbons (Fsp3) is 0.636. The highest BCUT2D eigenvalue weighted by Crippen LogP contribution is 2.70. The van der Waals surface area contributed by atoms with Crippen LogP contribution in [0, 0.1) is 28.1 Å². The maximum Gasteiger partial charge on any atom is 0.351 e. The van der Waals surface area contributed by atoms with Crippen LogP contribution in [-0.4, -0.2) is 84.0 Å². The van der Waals surface area contributed by atoms with Crippen LogP contribution in [0.4, 0.5) is 0 Å². The summed E-state index contributed by atoms with van der Waals surface area (Å²) < 4.78 is 40.3. The van der Waals surface area contributed by atoms with E-state index in [0.29, 0.717) is 5.56 Å². The number of hydrogen-bond donors (Lipinski definition) is 1. The number of esters is 5. The predicted molar refractivity (Wildman–Crippen MR) is 156 cm³/mol. The highest BCUT2D eigenvalue weighted by molar-refractivity contribution is 5.95. The minimum absolute atomic E-state index is 0.0789. The zero-order valence-electron chi connectivity index (χ0n) is 27.5. The van der Waals surface area contributed by atoms with Crippen molar-refractivity contribution in [1.29, 1.82) is 0 Å². The molecule has 256 valence electrons. The minimum atomic E-state index is -2.19. The van der Waals surface area contributed by atoms with Crippen molar-refractivity contribution >= 4 is 35.6 Å². The van der Waals surface area contributed by atoms with E-state index >= 15 is 4.79 Å². The molecular formula is C33H40O14. The summed E-state index contributed by atoms with van der Waals surface area (Å²) in [4.78, 5) is 79.9. The zero-order chi connectivity index (χ0) is 35.0. The van der Waals surface area contributed by atoms with Crippen molar-refractivity contribution in [3.8, 4) is 0 Å². The first-order chi connectivity index (χ1) is 21.8. The van der Waals surface area contributed by atoms with Gasteiger partial charge >= 0.3 is 29.8 Å². The molecule has 14 nitrogen and oxygen atoms in total. The third-order valence-electron chi connectivity index (χ3n) is 10.9. The number of rotatable bonds is 6. The fourth-order valence-electron chi connectivity index (χ4n) is 8.87. The van der Waals surface area contributed by atoms with E-state index < -0.39 is 106 Å². The third-order valence-corrected chi connectivity index (χ3v) is 10.9. The molecule has 1 aromatic rings. The zero-order valence-corrected chi connectivity index (χ0v) is 27.5. The summed E-state index contributed by atoms with van der Waals surface area (Å²) in [6, 6.07) is 1.51. The molecule has 3 heterocycles. The first kappa shape index (κ1) is 34.3. The summed E-state index contributed by atoms with van der Waals surface area (Å²) in [6.07, 6.45) is -6.95. The lowest BCUT2D eigenvalue weighted by molar-refractivity contribution is -0.316. The molecule has 1 aromatic heterocycles. The molecule has 2 aliphatic carbocycles. The Morgan fingerprint density at radius 1 is 0.979 bits per heavy atom. The van der Waals surface area contributed by atoms with Gasteiger partial charge in [0, 0.05) is 31.7 Å². The van der Waals surface area contributed by atoms with Crippen molar-refractivity contribution in [2.24, 2.45) is 28.1 Å². The van der Waals surface area contributed by atoms with Crippen LogP contribution >= 0.6 is 0 Å². The van der Waals surface area contributed by atoms with Crippen molar-refractivity contribution in [1.82, 2.24) is 0 Å². The second-order valence-electron chi connectivity index (χ2n) is 13.8. The number of methoxy groups -OCH3 is 1. The summed E-state index contributed by atoms with van der Waals surface area (Å²) in [5.41, 5.74) is -6.78. The topological polar surface area (TPSA) is 191 Å². The number of fused-ring (bicyclic) bond motifs is 2. The summed E-state index contributed by atoms with van der Waals surface area (Å²) in [7, 11) is 1.18. The van der Waals surface area contributed by atoms with E-state index in [2.05, 4.69) is 6.58 Å². The SMILES string of the molecule is C=C1[C@H]2C(=O)[C@@]3(C)[C@@H](O[C@@]14[C@H](OC(C)=O)C(=O)O[C@@H](c1ccoc1)[C@]4(C)[C@H]2O)[C@@H](OC(C)=O)[C@H](OC(C)=O)C(C)(C)[C@@H]3CC(=O)OC. The standard InChI is InChI=1S/C33H40O14/c1-14-21-23(38)31(7)19(12-20(37)41-9)30(5,6)26(44-16(3)35)22(43-15(2)34)27(31)47-33(14)28(45-17(4)36)29(40)46-25(18-10-11-42-13-18)32(33,8)24(21)39/h10-11,13,19,21-22,24-28,39H,1,12H2,2-9H3/t19-,21-,22-,24-,25-,26-,27-,28+,31-,32-,33+/m0/s1. The predicted octanol–water partition coefficient (Wildman–Crippen LogP) is 2.16. The number of furan rings is 1. The first-order valence-corrected chi connectivity index (χ1v) is 15.2. The molecule has 1 spiro atoms. The van der Waals surface area contributed by atoms with Crippen LogP contribution < -0.4 is 0 Å². The molecular weight excluding hydrogens is 620 g/mol. The lowest BCUT2D eigenvalue weighted by Crippen LogP contribution is -2.74. The summed E-state index contributed by atoms with van der Waals surface area (Å²) in [6.45, 7) is 13.9. The smallest absolute Gasteiger partial charge is 0.351 e. The largest absolute Gasteiger partial charge is 0.472 e. The van der Waals surface area contributed by atoms with E-state index in [1.165, 1.54) is 39.5 Å². The Bertz CT molecular complexity index is 1530.